The summed E-state index contributed by atoms with van der Waals surface area (Å²) < 4.78 is 63.9. The van der Waals surface area contributed by atoms with Crippen LogP contribution >= 0.6 is 12.4 Å². The second kappa shape index (κ2) is 11.0. The number of benzene rings is 3. The van der Waals surface area contributed by atoms with E-state index in [4.69, 9.17) is 14.9 Å². The van der Waals surface area contributed by atoms with Gasteiger partial charge in [0.05, 0.1) is 17.7 Å². The van der Waals surface area contributed by atoms with Gasteiger partial charge in [0.15, 0.2) is 0 Å². The predicted molar refractivity (Wildman–Crippen MR) is 123 cm³/mol. The molecule has 34 heavy (non-hydrogen) atoms. The molecule has 0 fully saturated rings. The zero-order valence-electron chi connectivity index (χ0n) is 18.1. The van der Waals surface area contributed by atoms with Crippen molar-refractivity contribution in [3.63, 3.8) is 0 Å². The molecular formula is C24H21ClF4N2O3. The van der Waals surface area contributed by atoms with Gasteiger partial charge in [0.1, 0.15) is 17.3 Å². The number of ether oxygens (including phenoxy) is 2. The Morgan fingerprint density at radius 1 is 1.03 bits per heavy atom. The molecule has 0 aliphatic rings. The molecule has 0 aliphatic carbocycles. The fourth-order valence-corrected chi connectivity index (χ4v) is 2.98. The van der Waals surface area contributed by atoms with E-state index in [2.05, 4.69) is 5.32 Å². The molecule has 0 spiro atoms. The molecule has 0 saturated carbocycles. The van der Waals surface area contributed by atoms with Crippen LogP contribution in [0.1, 0.15) is 34.0 Å². The minimum absolute atomic E-state index is 0. The molecule has 0 atom stereocenters. The van der Waals surface area contributed by atoms with Gasteiger partial charge in [-0.2, -0.15) is 13.2 Å². The van der Waals surface area contributed by atoms with Crippen LogP contribution in [0.15, 0.2) is 60.7 Å². The van der Waals surface area contributed by atoms with Crippen LogP contribution in [-0.2, 0) is 10.9 Å². The summed E-state index contributed by atoms with van der Waals surface area (Å²) >= 11 is 0. The third-order valence-corrected chi connectivity index (χ3v) is 4.58. The fraction of sp³-hybridized carbons (Fsp3) is 0.167. The smallest absolute Gasteiger partial charge is 0.416 e. The van der Waals surface area contributed by atoms with E-state index in [0.29, 0.717) is 23.4 Å². The SMILES string of the molecule is CCOC(=N)c1cccc(NC(=O)c2ccc(C(F)(F)F)cc2Oc2ccc(F)cc2C)c1.Cl. The summed E-state index contributed by atoms with van der Waals surface area (Å²) in [5.74, 6) is -1.57. The molecule has 0 aromatic heterocycles. The van der Waals surface area contributed by atoms with Gasteiger partial charge in [0, 0.05) is 11.3 Å². The highest BCUT2D eigenvalue weighted by Crippen LogP contribution is 2.36. The lowest BCUT2D eigenvalue weighted by molar-refractivity contribution is -0.137. The number of alkyl halides is 3. The molecule has 3 aromatic rings. The number of carbonyl (C=O) groups is 1. The molecule has 0 saturated heterocycles. The van der Waals surface area contributed by atoms with Crippen LogP contribution in [0.3, 0.4) is 0 Å². The summed E-state index contributed by atoms with van der Waals surface area (Å²) in [6.07, 6.45) is -4.65. The lowest BCUT2D eigenvalue weighted by Gasteiger charge is -2.16. The van der Waals surface area contributed by atoms with Gasteiger partial charge in [-0.25, -0.2) is 4.39 Å². The van der Waals surface area contributed by atoms with E-state index in [9.17, 15) is 22.4 Å². The van der Waals surface area contributed by atoms with Gasteiger partial charge >= 0.3 is 6.18 Å². The lowest BCUT2D eigenvalue weighted by Crippen LogP contribution is -2.15. The summed E-state index contributed by atoms with van der Waals surface area (Å²) in [6.45, 7) is 3.56. The van der Waals surface area contributed by atoms with Crippen molar-refractivity contribution < 1.29 is 31.8 Å². The number of anilines is 1. The fourth-order valence-electron chi connectivity index (χ4n) is 2.98. The molecule has 0 radical (unpaired) electrons. The second-order valence-electron chi connectivity index (χ2n) is 7.02. The van der Waals surface area contributed by atoms with Crippen molar-refractivity contribution in [1.29, 1.82) is 5.41 Å². The molecule has 180 valence electrons. The van der Waals surface area contributed by atoms with Crippen LogP contribution in [0.25, 0.3) is 0 Å². The molecule has 2 N–H and O–H groups in total. The van der Waals surface area contributed by atoms with Gasteiger partial charge in [-0.05, 0) is 74.0 Å². The zero-order chi connectivity index (χ0) is 24.2. The van der Waals surface area contributed by atoms with Gasteiger partial charge in [0.2, 0.25) is 5.90 Å². The number of nitrogens with one attached hydrogen (secondary N) is 2. The monoisotopic (exact) mass is 496 g/mol. The van der Waals surface area contributed by atoms with Crippen molar-refractivity contribution in [3.8, 4) is 11.5 Å². The first-order chi connectivity index (χ1) is 15.6. The number of rotatable bonds is 6. The van der Waals surface area contributed by atoms with Crippen molar-refractivity contribution in [2.75, 3.05) is 11.9 Å². The minimum atomic E-state index is -4.65. The first-order valence-electron chi connectivity index (χ1n) is 9.87. The van der Waals surface area contributed by atoms with E-state index in [-0.39, 0.29) is 35.4 Å². The molecule has 0 heterocycles. The van der Waals surface area contributed by atoms with Crippen LogP contribution in [0.5, 0.6) is 11.5 Å². The maximum Gasteiger partial charge on any atom is 0.416 e. The van der Waals surface area contributed by atoms with Gasteiger partial charge < -0.3 is 14.8 Å². The molecule has 3 rings (SSSR count). The summed E-state index contributed by atoms with van der Waals surface area (Å²) in [6, 6.07) is 12.4. The molecule has 5 nitrogen and oxygen atoms in total. The normalized spacial score (nSPS) is 10.8. The van der Waals surface area contributed by atoms with Gasteiger partial charge in [-0.1, -0.05) is 6.07 Å². The molecular weight excluding hydrogens is 476 g/mol. The number of amides is 1. The Morgan fingerprint density at radius 2 is 1.76 bits per heavy atom. The maximum atomic E-state index is 13.4. The average Bonchev–Trinajstić information content (AvgIpc) is 2.75. The largest absolute Gasteiger partial charge is 0.478 e. The molecule has 1 amide bonds. The quantitative estimate of drug-likeness (QED) is 0.220. The van der Waals surface area contributed by atoms with Gasteiger partial charge in [-0.15, -0.1) is 12.4 Å². The van der Waals surface area contributed by atoms with Crippen molar-refractivity contribution >= 4 is 29.9 Å². The molecule has 0 aliphatic heterocycles. The number of hydrogen-bond acceptors (Lipinski definition) is 4. The highest BCUT2D eigenvalue weighted by molar-refractivity contribution is 6.07. The van der Waals surface area contributed by atoms with E-state index < -0.39 is 23.5 Å². The molecule has 0 bridgehead atoms. The van der Waals surface area contributed by atoms with Crippen molar-refractivity contribution in [2.24, 2.45) is 0 Å². The van der Waals surface area contributed by atoms with Gasteiger partial charge in [0.25, 0.3) is 5.91 Å². The average molecular weight is 497 g/mol. The van der Waals surface area contributed by atoms with Crippen LogP contribution in [0, 0.1) is 18.2 Å². The lowest BCUT2D eigenvalue weighted by atomic mass is 10.1. The van der Waals surface area contributed by atoms with Gasteiger partial charge in [-0.3, -0.25) is 10.2 Å². The minimum Gasteiger partial charge on any atom is -0.478 e. The molecule has 0 unspecified atom stereocenters. The molecule has 3 aromatic carbocycles. The Bertz CT molecular complexity index is 1200. The second-order valence-corrected chi connectivity index (χ2v) is 7.02. The Labute approximate surface area is 199 Å². The summed E-state index contributed by atoms with van der Waals surface area (Å²) in [5, 5.41) is 10.5. The van der Waals surface area contributed by atoms with Crippen LogP contribution < -0.4 is 10.1 Å². The third-order valence-electron chi connectivity index (χ3n) is 4.58. The Balaban J connectivity index is 0.00000408. The van der Waals surface area contributed by atoms with E-state index in [0.717, 1.165) is 24.3 Å². The standard InChI is InChI=1S/C24H20F4N2O3.ClH/c1-3-32-22(29)15-5-4-6-18(12-15)30-23(31)19-9-7-16(24(26,27)28)13-21(19)33-20-10-8-17(25)11-14(20)2;/h4-13,29H,3H2,1-2H3,(H,30,31);1H. The first kappa shape index (κ1) is 26.7. The highest BCUT2D eigenvalue weighted by Gasteiger charge is 2.32. The number of aryl methyl sites for hydroxylation is 1. The Morgan fingerprint density at radius 3 is 2.41 bits per heavy atom. The third kappa shape index (κ3) is 6.48. The van der Waals surface area contributed by atoms with E-state index in [1.807, 2.05) is 0 Å². The number of hydrogen-bond donors (Lipinski definition) is 2. The topological polar surface area (TPSA) is 71.4 Å². The van der Waals surface area contributed by atoms with E-state index in [1.165, 1.54) is 25.1 Å². The summed E-state index contributed by atoms with van der Waals surface area (Å²) in [7, 11) is 0. The first-order valence-corrected chi connectivity index (χ1v) is 9.87. The highest BCUT2D eigenvalue weighted by atomic mass is 35.5. The van der Waals surface area contributed by atoms with Crippen LogP contribution in [-0.4, -0.2) is 18.4 Å². The van der Waals surface area contributed by atoms with Crippen molar-refractivity contribution in [3.05, 3.63) is 88.7 Å². The summed E-state index contributed by atoms with van der Waals surface area (Å²) in [5.41, 5.74) is -0.0786. The van der Waals surface area contributed by atoms with E-state index >= 15 is 0 Å². The number of halogens is 5. The summed E-state index contributed by atoms with van der Waals surface area (Å²) in [4.78, 5) is 12.9. The van der Waals surface area contributed by atoms with Crippen LogP contribution in [0.2, 0.25) is 0 Å². The van der Waals surface area contributed by atoms with E-state index in [1.54, 1.807) is 25.1 Å². The maximum absolute atomic E-state index is 13.4. The van der Waals surface area contributed by atoms with Crippen molar-refractivity contribution in [1.82, 2.24) is 0 Å². The predicted octanol–water partition coefficient (Wildman–Crippen LogP) is 6.98. The molecule has 10 heteroatoms. The Hall–Kier alpha value is -3.59. The van der Waals surface area contributed by atoms with Crippen LogP contribution in [0.4, 0.5) is 23.2 Å². The number of carbonyl (C=O) groups excluding carboxylic acids is 1. The zero-order valence-corrected chi connectivity index (χ0v) is 18.9. The van der Waals surface area contributed by atoms with Crippen molar-refractivity contribution in [2.45, 2.75) is 20.0 Å². The Kier molecular flexibility index (Phi) is 8.64.